The molecule has 0 aliphatic rings. The lowest BCUT2D eigenvalue weighted by Crippen LogP contribution is -2.29. The summed E-state index contributed by atoms with van der Waals surface area (Å²) in [7, 11) is 0. The van der Waals surface area contributed by atoms with Gasteiger partial charge < -0.3 is 4.74 Å². The van der Waals surface area contributed by atoms with E-state index in [0.29, 0.717) is 22.4 Å². The number of nitrogens with one attached hydrogen (secondary N) is 1. The van der Waals surface area contributed by atoms with Gasteiger partial charge in [0.25, 0.3) is 0 Å². The van der Waals surface area contributed by atoms with Gasteiger partial charge in [0.05, 0.1) is 23.3 Å². The van der Waals surface area contributed by atoms with Crippen LogP contribution in [0.5, 0.6) is 5.75 Å². The van der Waals surface area contributed by atoms with Gasteiger partial charge in [0.1, 0.15) is 11.6 Å². The number of nitrogens with two attached hydrogens (primary N) is 1. The Kier molecular flexibility index (Phi) is 5.05. The molecule has 1 aromatic heterocycles. The molecule has 0 amide bonds. The van der Waals surface area contributed by atoms with Crippen LogP contribution in [-0.4, -0.2) is 11.6 Å². The lowest BCUT2D eigenvalue weighted by atomic mass is 10.0. The smallest absolute Gasteiger partial charge is 0.137 e. The van der Waals surface area contributed by atoms with E-state index >= 15 is 0 Å². The molecule has 1 heterocycles. The predicted molar refractivity (Wildman–Crippen MR) is 78.7 cm³/mol. The van der Waals surface area contributed by atoms with E-state index in [9.17, 15) is 4.39 Å². The molecule has 106 valence electrons. The minimum Gasteiger partial charge on any atom is -0.492 e. The van der Waals surface area contributed by atoms with Crippen molar-refractivity contribution >= 4 is 15.9 Å². The van der Waals surface area contributed by atoms with Crippen molar-refractivity contribution in [2.45, 2.75) is 13.0 Å². The molecule has 0 saturated heterocycles. The monoisotopic (exact) mass is 339 g/mol. The Morgan fingerprint density at radius 2 is 2.25 bits per heavy atom. The summed E-state index contributed by atoms with van der Waals surface area (Å²) in [6.07, 6.45) is 3.30. The highest BCUT2D eigenvalue weighted by Gasteiger charge is 2.18. The van der Waals surface area contributed by atoms with Crippen LogP contribution < -0.4 is 16.0 Å². The van der Waals surface area contributed by atoms with Crippen LogP contribution in [0.15, 0.2) is 41.1 Å². The first-order valence-electron chi connectivity index (χ1n) is 6.15. The molecule has 0 saturated carbocycles. The van der Waals surface area contributed by atoms with Crippen LogP contribution in [-0.2, 0) is 0 Å². The molecule has 2 rings (SSSR count). The Hall–Kier alpha value is -1.50. The number of nitrogens with zero attached hydrogens (tertiary/aromatic N) is 1. The third-order valence-electron chi connectivity index (χ3n) is 2.84. The van der Waals surface area contributed by atoms with Crippen molar-refractivity contribution in [2.24, 2.45) is 5.84 Å². The molecule has 0 aliphatic heterocycles. The second-order valence-electron chi connectivity index (χ2n) is 4.13. The van der Waals surface area contributed by atoms with E-state index in [1.807, 2.05) is 13.0 Å². The predicted octanol–water partition coefficient (Wildman–Crippen LogP) is 2.93. The van der Waals surface area contributed by atoms with Crippen molar-refractivity contribution in [2.75, 3.05) is 6.61 Å². The fourth-order valence-corrected chi connectivity index (χ4v) is 2.44. The Labute approximate surface area is 125 Å². The maximum absolute atomic E-state index is 13.6. The summed E-state index contributed by atoms with van der Waals surface area (Å²) in [6.45, 7) is 2.45. The van der Waals surface area contributed by atoms with E-state index in [4.69, 9.17) is 10.6 Å². The normalized spacial score (nSPS) is 12.2. The molecule has 0 spiro atoms. The average Bonchev–Trinajstić information content (AvgIpc) is 2.45. The number of aromatic nitrogens is 1. The number of hydrogen-bond donors (Lipinski definition) is 2. The van der Waals surface area contributed by atoms with Crippen molar-refractivity contribution in [3.8, 4) is 5.75 Å². The van der Waals surface area contributed by atoms with Crippen molar-refractivity contribution in [1.82, 2.24) is 10.4 Å². The largest absolute Gasteiger partial charge is 0.492 e. The van der Waals surface area contributed by atoms with E-state index in [-0.39, 0.29) is 11.9 Å². The van der Waals surface area contributed by atoms with Gasteiger partial charge in [-0.15, -0.1) is 0 Å². The molecule has 0 bridgehead atoms. The summed E-state index contributed by atoms with van der Waals surface area (Å²) in [4.78, 5) is 4.12. The maximum atomic E-state index is 13.6. The summed E-state index contributed by atoms with van der Waals surface area (Å²) in [6, 6.07) is 6.27. The quantitative estimate of drug-likeness (QED) is 0.649. The second kappa shape index (κ2) is 6.78. The van der Waals surface area contributed by atoms with Crippen molar-refractivity contribution < 1.29 is 9.13 Å². The first-order valence-corrected chi connectivity index (χ1v) is 6.94. The topological polar surface area (TPSA) is 60.2 Å². The van der Waals surface area contributed by atoms with Crippen molar-refractivity contribution in [3.05, 3.63) is 58.1 Å². The van der Waals surface area contributed by atoms with Crippen LogP contribution in [0.3, 0.4) is 0 Å². The molecule has 6 heteroatoms. The first-order chi connectivity index (χ1) is 9.67. The highest BCUT2D eigenvalue weighted by molar-refractivity contribution is 9.10. The number of hydrogen-bond acceptors (Lipinski definition) is 4. The maximum Gasteiger partial charge on any atom is 0.137 e. The van der Waals surface area contributed by atoms with E-state index in [0.717, 1.165) is 5.56 Å². The van der Waals surface area contributed by atoms with Gasteiger partial charge in [-0.3, -0.25) is 10.8 Å². The van der Waals surface area contributed by atoms with E-state index < -0.39 is 0 Å². The zero-order chi connectivity index (χ0) is 14.5. The summed E-state index contributed by atoms with van der Waals surface area (Å²) in [5.74, 6) is 5.93. The summed E-state index contributed by atoms with van der Waals surface area (Å²) in [5, 5.41) is 0. The Morgan fingerprint density at radius 1 is 1.45 bits per heavy atom. The van der Waals surface area contributed by atoms with Crippen LogP contribution in [0.25, 0.3) is 0 Å². The molecular formula is C14H15BrFN3O. The number of ether oxygens (including phenoxy) is 1. The molecule has 1 unspecified atom stereocenters. The number of hydrazine groups is 1. The van der Waals surface area contributed by atoms with Crippen LogP contribution in [0.2, 0.25) is 0 Å². The van der Waals surface area contributed by atoms with E-state index in [2.05, 4.69) is 26.3 Å². The molecule has 1 aromatic carbocycles. The molecule has 3 N–H and O–H groups in total. The minimum atomic E-state index is -0.381. The lowest BCUT2D eigenvalue weighted by Gasteiger charge is -2.19. The molecule has 4 nitrogen and oxygen atoms in total. The van der Waals surface area contributed by atoms with Gasteiger partial charge >= 0.3 is 0 Å². The van der Waals surface area contributed by atoms with Gasteiger partial charge in [-0.05, 0) is 46.1 Å². The molecule has 0 fully saturated rings. The lowest BCUT2D eigenvalue weighted by molar-refractivity contribution is 0.338. The van der Waals surface area contributed by atoms with Crippen molar-refractivity contribution in [1.29, 1.82) is 0 Å². The Bertz CT molecular complexity index is 594. The van der Waals surface area contributed by atoms with E-state index in [1.54, 1.807) is 24.5 Å². The van der Waals surface area contributed by atoms with Gasteiger partial charge in [-0.2, -0.15) is 0 Å². The SMILES string of the molecule is CCOc1cncc(C(NN)c2cccc(F)c2Br)c1. The van der Waals surface area contributed by atoms with Crippen LogP contribution in [0, 0.1) is 5.82 Å². The van der Waals surface area contributed by atoms with Crippen LogP contribution in [0.4, 0.5) is 4.39 Å². The Morgan fingerprint density at radius 3 is 2.95 bits per heavy atom. The molecule has 1 atom stereocenters. The molecule has 20 heavy (non-hydrogen) atoms. The standard InChI is InChI=1S/C14H15BrFN3O/c1-2-20-10-6-9(7-18-8-10)14(19-17)11-4-3-5-12(16)13(11)15/h3-8,14,19H,2,17H2,1H3. The highest BCUT2D eigenvalue weighted by atomic mass is 79.9. The van der Waals surface area contributed by atoms with Gasteiger partial charge in [0, 0.05) is 6.20 Å². The number of pyridine rings is 1. The van der Waals surface area contributed by atoms with Gasteiger partial charge in [0.2, 0.25) is 0 Å². The number of halogens is 2. The third kappa shape index (κ3) is 3.15. The van der Waals surface area contributed by atoms with Gasteiger partial charge in [0.15, 0.2) is 0 Å². The molecular weight excluding hydrogens is 325 g/mol. The summed E-state index contributed by atoms with van der Waals surface area (Å²) in [5.41, 5.74) is 4.17. The summed E-state index contributed by atoms with van der Waals surface area (Å²) >= 11 is 3.25. The van der Waals surface area contributed by atoms with Crippen LogP contribution in [0.1, 0.15) is 24.1 Å². The molecule has 0 aliphatic carbocycles. The van der Waals surface area contributed by atoms with E-state index in [1.165, 1.54) is 6.07 Å². The zero-order valence-electron chi connectivity index (χ0n) is 10.9. The minimum absolute atomic E-state index is 0.336. The molecule has 2 aromatic rings. The van der Waals surface area contributed by atoms with Gasteiger partial charge in [-0.1, -0.05) is 12.1 Å². The van der Waals surface area contributed by atoms with Gasteiger partial charge in [-0.25, -0.2) is 9.82 Å². The van der Waals surface area contributed by atoms with Crippen molar-refractivity contribution in [3.63, 3.8) is 0 Å². The first kappa shape index (κ1) is 14.9. The Balaban J connectivity index is 2.41. The summed E-state index contributed by atoms with van der Waals surface area (Å²) < 4.78 is 19.4. The fourth-order valence-electron chi connectivity index (χ4n) is 1.95. The zero-order valence-corrected chi connectivity index (χ0v) is 12.5. The van der Waals surface area contributed by atoms with Crippen LogP contribution >= 0.6 is 15.9 Å². The third-order valence-corrected chi connectivity index (χ3v) is 3.67. The second-order valence-corrected chi connectivity index (χ2v) is 4.92. The number of benzene rings is 1. The average molecular weight is 340 g/mol. The number of rotatable bonds is 5. The molecule has 0 radical (unpaired) electrons. The highest BCUT2D eigenvalue weighted by Crippen LogP contribution is 2.30. The fraction of sp³-hybridized carbons (Fsp3) is 0.214.